The van der Waals surface area contributed by atoms with Crippen LogP contribution in [0.4, 0.5) is 0 Å². The minimum Gasteiger partial charge on any atom is -0.460 e. The summed E-state index contributed by atoms with van der Waals surface area (Å²) in [6.07, 6.45) is 8.50. The zero-order valence-electron chi connectivity index (χ0n) is 24.5. The van der Waals surface area contributed by atoms with E-state index in [4.69, 9.17) is 10.5 Å². The Morgan fingerprint density at radius 1 is 0.949 bits per heavy atom. The van der Waals surface area contributed by atoms with Gasteiger partial charge in [-0.25, -0.2) is 0 Å². The van der Waals surface area contributed by atoms with Crippen molar-refractivity contribution in [2.75, 3.05) is 6.54 Å². The molecule has 0 radical (unpaired) electrons. The van der Waals surface area contributed by atoms with E-state index in [-0.39, 0.29) is 53.7 Å². The highest BCUT2D eigenvalue weighted by Gasteiger charge is 2.69. The van der Waals surface area contributed by atoms with Crippen molar-refractivity contribution >= 4 is 29.4 Å². The van der Waals surface area contributed by atoms with Crippen molar-refractivity contribution in [3.8, 4) is 0 Å². The molecule has 3 unspecified atom stereocenters. The lowest BCUT2D eigenvalue weighted by molar-refractivity contribution is -0.160. The second kappa shape index (κ2) is 11.3. The summed E-state index contributed by atoms with van der Waals surface area (Å²) >= 11 is 0. The minimum absolute atomic E-state index is 0.0153. The van der Waals surface area contributed by atoms with Crippen LogP contribution in [0.5, 0.6) is 0 Å². The number of primary amides is 1. The molecule has 1 saturated heterocycles. The maximum absolute atomic E-state index is 14.2. The molecule has 1 aliphatic heterocycles. The molecule has 0 spiro atoms. The van der Waals surface area contributed by atoms with E-state index in [0.29, 0.717) is 18.9 Å². The fourth-order valence-electron chi connectivity index (χ4n) is 7.63. The number of likely N-dealkylation sites (tertiary alicyclic amines) is 1. The van der Waals surface area contributed by atoms with Crippen LogP contribution in [-0.4, -0.2) is 52.4 Å². The number of fused-ring (bicyclic) bond motifs is 1. The molecule has 39 heavy (non-hydrogen) atoms. The average Bonchev–Trinajstić information content (AvgIpc) is 3.15. The predicted molar refractivity (Wildman–Crippen MR) is 146 cm³/mol. The van der Waals surface area contributed by atoms with E-state index in [1.807, 2.05) is 20.8 Å². The highest BCUT2D eigenvalue weighted by Crippen LogP contribution is 2.65. The number of carbonyl (C=O) groups is 5. The van der Waals surface area contributed by atoms with Gasteiger partial charge in [-0.05, 0) is 69.1 Å². The summed E-state index contributed by atoms with van der Waals surface area (Å²) < 4.78 is 5.61. The Bertz CT molecular complexity index is 988. The number of ether oxygens (including phenoxy) is 1. The number of Topliss-reactive ketones (excluding diaryl/α,β-unsaturated/α-hetero) is 2. The van der Waals surface area contributed by atoms with Crippen molar-refractivity contribution in [2.24, 2.45) is 46.7 Å². The fourth-order valence-corrected chi connectivity index (χ4v) is 7.63. The highest BCUT2D eigenvalue weighted by atomic mass is 16.6. The SMILES string of the molecule is CC(C)(C)OC(=O)C[C@H](C(=O)N1CC2C([C@H]1C(=O)CC(CC1CCC1)C(=O)C(N)=O)C2(C)C)C1CCCCC1. The lowest BCUT2D eigenvalue weighted by Gasteiger charge is -2.37. The van der Waals surface area contributed by atoms with E-state index < -0.39 is 35.2 Å². The maximum Gasteiger partial charge on any atom is 0.307 e. The van der Waals surface area contributed by atoms with Crippen molar-refractivity contribution in [3.05, 3.63) is 0 Å². The van der Waals surface area contributed by atoms with Crippen molar-refractivity contribution in [3.63, 3.8) is 0 Å². The first-order valence-corrected chi connectivity index (χ1v) is 15.1. The zero-order chi connectivity index (χ0) is 28.7. The normalized spacial score (nSPS) is 28.1. The summed E-state index contributed by atoms with van der Waals surface area (Å²) in [5.41, 5.74) is 4.65. The van der Waals surface area contributed by atoms with E-state index in [1.165, 1.54) is 0 Å². The lowest BCUT2D eigenvalue weighted by Crippen LogP contribution is -2.50. The van der Waals surface area contributed by atoms with Crippen LogP contribution < -0.4 is 5.73 Å². The third-order valence-corrected chi connectivity index (χ3v) is 10.1. The molecule has 4 aliphatic rings. The summed E-state index contributed by atoms with van der Waals surface area (Å²) in [6.45, 7) is 10.2. The van der Waals surface area contributed by atoms with E-state index >= 15 is 0 Å². The number of hydrogen-bond donors (Lipinski definition) is 1. The Morgan fingerprint density at radius 3 is 2.13 bits per heavy atom. The van der Waals surface area contributed by atoms with E-state index in [0.717, 1.165) is 51.4 Å². The van der Waals surface area contributed by atoms with Crippen LogP contribution in [0.2, 0.25) is 0 Å². The van der Waals surface area contributed by atoms with E-state index in [1.54, 1.807) is 4.90 Å². The Labute approximate surface area is 233 Å². The van der Waals surface area contributed by atoms with E-state index in [2.05, 4.69) is 13.8 Å². The van der Waals surface area contributed by atoms with Gasteiger partial charge in [0.1, 0.15) is 5.60 Å². The molecule has 0 aromatic carbocycles. The van der Waals surface area contributed by atoms with E-state index in [9.17, 15) is 24.0 Å². The molecular weight excluding hydrogens is 496 g/mol. The standard InChI is InChI=1S/C31H48N2O6/c1-30(2,3)39-24(35)16-21(19-12-7-6-8-13-19)29(38)33-17-22-25(31(22,4)5)26(33)23(34)15-20(27(36)28(32)37)14-18-10-9-11-18/h18-22,25-26H,6-17H2,1-5H3,(H2,32,37)/t20?,21-,22?,25?,26+/m0/s1. The number of carbonyl (C=O) groups excluding carboxylic acids is 5. The summed E-state index contributed by atoms with van der Waals surface area (Å²) in [5.74, 6) is -2.94. The first-order chi connectivity index (χ1) is 18.2. The summed E-state index contributed by atoms with van der Waals surface area (Å²) in [6, 6.07) is -0.633. The van der Waals surface area contributed by atoms with Crippen molar-refractivity contribution in [1.82, 2.24) is 4.90 Å². The second-order valence-electron chi connectivity index (χ2n) is 14.3. The zero-order valence-corrected chi connectivity index (χ0v) is 24.5. The number of hydrogen-bond acceptors (Lipinski definition) is 6. The number of nitrogens with zero attached hydrogens (tertiary/aromatic N) is 1. The van der Waals surface area contributed by atoms with Crippen molar-refractivity contribution < 1.29 is 28.7 Å². The molecule has 0 aromatic rings. The maximum atomic E-state index is 14.2. The fraction of sp³-hybridized carbons (Fsp3) is 0.839. The van der Waals surface area contributed by atoms with Gasteiger partial charge >= 0.3 is 5.97 Å². The van der Waals surface area contributed by atoms with Crippen LogP contribution in [0, 0.1) is 40.9 Å². The van der Waals surface area contributed by atoms with Gasteiger partial charge in [0.15, 0.2) is 5.78 Å². The first-order valence-electron chi connectivity index (χ1n) is 15.1. The molecule has 1 heterocycles. The van der Waals surface area contributed by atoms with Crippen LogP contribution in [-0.2, 0) is 28.7 Å². The quantitative estimate of drug-likeness (QED) is 0.307. The van der Waals surface area contributed by atoms with Crippen LogP contribution in [0.25, 0.3) is 0 Å². The predicted octanol–water partition coefficient (Wildman–Crippen LogP) is 4.22. The van der Waals surface area contributed by atoms with Gasteiger partial charge in [0, 0.05) is 18.9 Å². The molecule has 3 aliphatic carbocycles. The topological polar surface area (TPSA) is 124 Å². The molecule has 0 aromatic heterocycles. The molecule has 4 rings (SSSR count). The van der Waals surface area contributed by atoms with Crippen LogP contribution in [0.1, 0.15) is 105 Å². The van der Waals surface area contributed by atoms with Gasteiger partial charge in [0.05, 0.1) is 18.4 Å². The van der Waals surface area contributed by atoms with Crippen LogP contribution >= 0.6 is 0 Å². The molecule has 8 heteroatoms. The molecule has 3 saturated carbocycles. The molecular formula is C31H48N2O6. The van der Waals surface area contributed by atoms with Gasteiger partial charge in [-0.1, -0.05) is 52.4 Å². The minimum atomic E-state index is -0.995. The highest BCUT2D eigenvalue weighted by molar-refractivity contribution is 6.36. The van der Waals surface area contributed by atoms with Gasteiger partial charge in [-0.2, -0.15) is 0 Å². The van der Waals surface area contributed by atoms with Gasteiger partial charge in [-0.15, -0.1) is 0 Å². The summed E-state index contributed by atoms with van der Waals surface area (Å²) in [7, 11) is 0. The second-order valence-corrected chi connectivity index (χ2v) is 14.3. The summed E-state index contributed by atoms with van der Waals surface area (Å²) in [4.78, 5) is 67.3. The number of nitrogens with two attached hydrogens (primary N) is 1. The Hall–Kier alpha value is -2.25. The van der Waals surface area contributed by atoms with Crippen molar-refractivity contribution in [2.45, 2.75) is 117 Å². The smallest absolute Gasteiger partial charge is 0.307 e. The van der Waals surface area contributed by atoms with Gasteiger partial charge < -0.3 is 15.4 Å². The largest absolute Gasteiger partial charge is 0.460 e. The average molecular weight is 545 g/mol. The number of piperidine rings is 1. The Morgan fingerprint density at radius 2 is 1.59 bits per heavy atom. The monoisotopic (exact) mass is 544 g/mol. The molecule has 218 valence electrons. The molecule has 8 nitrogen and oxygen atoms in total. The Kier molecular flexibility index (Phi) is 8.63. The van der Waals surface area contributed by atoms with Gasteiger partial charge in [0.25, 0.3) is 5.91 Å². The number of rotatable bonds is 11. The number of amides is 2. The Balaban J connectivity index is 1.55. The van der Waals surface area contributed by atoms with Crippen LogP contribution in [0.15, 0.2) is 0 Å². The van der Waals surface area contributed by atoms with Crippen molar-refractivity contribution in [1.29, 1.82) is 0 Å². The first kappa shape index (κ1) is 29.7. The van der Waals surface area contributed by atoms with Crippen LogP contribution in [0.3, 0.4) is 0 Å². The molecule has 0 bridgehead atoms. The molecule has 2 amide bonds. The number of ketones is 2. The summed E-state index contributed by atoms with van der Waals surface area (Å²) in [5, 5.41) is 0. The molecule has 4 fully saturated rings. The number of esters is 1. The van der Waals surface area contributed by atoms with Gasteiger partial charge in [0.2, 0.25) is 11.7 Å². The van der Waals surface area contributed by atoms with Gasteiger partial charge in [-0.3, -0.25) is 24.0 Å². The molecule has 2 N–H and O–H groups in total. The lowest BCUT2D eigenvalue weighted by atomic mass is 9.75. The third kappa shape index (κ3) is 6.57. The third-order valence-electron chi connectivity index (χ3n) is 10.1. The molecule has 5 atom stereocenters.